The number of rotatable bonds is 6. The number of benzene rings is 3. The van der Waals surface area contributed by atoms with E-state index in [0.717, 1.165) is 40.7 Å². The molecule has 0 aromatic heterocycles. The largest absolute Gasteiger partial charge is 0.325 e. The zero-order valence-electron chi connectivity index (χ0n) is 17.2. The van der Waals surface area contributed by atoms with Crippen LogP contribution in [0.4, 0.5) is 11.4 Å². The van der Waals surface area contributed by atoms with Gasteiger partial charge in [0.15, 0.2) is 0 Å². The van der Waals surface area contributed by atoms with Gasteiger partial charge in [0.1, 0.15) is 0 Å². The molecule has 0 saturated carbocycles. The standard InChI is InChI=1S/C25H25N3O2/c1-3-28(4-2)16-24(29)26-19-12-13-23-21(15-19)22(25(30)27-23)14-18-10-7-9-17-8-5-6-11-20(17)18/h5-15H,3-4,16H2,1-2H3,(H,26,29)(H,27,30)/b22-14+. The summed E-state index contributed by atoms with van der Waals surface area (Å²) >= 11 is 0. The van der Waals surface area contributed by atoms with Crippen LogP contribution in [0.5, 0.6) is 0 Å². The van der Waals surface area contributed by atoms with Crippen molar-refractivity contribution in [3.05, 3.63) is 71.8 Å². The first kappa shape index (κ1) is 19.9. The minimum absolute atomic E-state index is 0.0597. The van der Waals surface area contributed by atoms with E-state index in [0.29, 0.717) is 17.8 Å². The number of anilines is 2. The lowest BCUT2D eigenvalue weighted by Gasteiger charge is -2.17. The SMILES string of the molecule is CCN(CC)CC(=O)Nc1ccc2c(c1)/C(=C\c1cccc3ccccc13)C(=O)N2. The van der Waals surface area contributed by atoms with Crippen LogP contribution >= 0.6 is 0 Å². The van der Waals surface area contributed by atoms with E-state index in [9.17, 15) is 9.59 Å². The highest BCUT2D eigenvalue weighted by Crippen LogP contribution is 2.36. The van der Waals surface area contributed by atoms with Crippen molar-refractivity contribution < 1.29 is 9.59 Å². The Bertz CT molecular complexity index is 1140. The molecule has 0 fully saturated rings. The molecular formula is C25H25N3O2. The van der Waals surface area contributed by atoms with Crippen LogP contribution in [0.25, 0.3) is 22.4 Å². The summed E-state index contributed by atoms with van der Waals surface area (Å²) in [5.41, 5.74) is 3.83. The molecule has 3 aromatic carbocycles. The van der Waals surface area contributed by atoms with E-state index < -0.39 is 0 Å². The van der Waals surface area contributed by atoms with Gasteiger partial charge in [-0.1, -0.05) is 56.3 Å². The molecule has 152 valence electrons. The third-order valence-corrected chi connectivity index (χ3v) is 5.47. The summed E-state index contributed by atoms with van der Waals surface area (Å²) in [5.74, 6) is -0.194. The number of carbonyl (C=O) groups excluding carboxylic acids is 2. The van der Waals surface area contributed by atoms with E-state index in [-0.39, 0.29) is 11.8 Å². The molecule has 5 nitrogen and oxygen atoms in total. The summed E-state index contributed by atoms with van der Waals surface area (Å²) in [6.45, 7) is 6.07. The quantitative estimate of drug-likeness (QED) is 0.595. The Labute approximate surface area is 176 Å². The molecule has 2 amide bonds. The number of amides is 2. The van der Waals surface area contributed by atoms with Gasteiger partial charge in [-0.3, -0.25) is 14.5 Å². The fourth-order valence-corrected chi connectivity index (χ4v) is 3.79. The highest BCUT2D eigenvalue weighted by molar-refractivity contribution is 6.35. The summed E-state index contributed by atoms with van der Waals surface area (Å²) in [4.78, 5) is 27.1. The van der Waals surface area contributed by atoms with Gasteiger partial charge in [0, 0.05) is 22.5 Å². The third kappa shape index (κ3) is 3.98. The zero-order chi connectivity index (χ0) is 21.1. The van der Waals surface area contributed by atoms with Crippen molar-refractivity contribution in [2.75, 3.05) is 30.3 Å². The van der Waals surface area contributed by atoms with Gasteiger partial charge in [-0.05, 0) is 53.7 Å². The number of likely N-dealkylation sites (N-methyl/N-ethyl adjacent to an activating group) is 1. The van der Waals surface area contributed by atoms with Gasteiger partial charge in [-0.25, -0.2) is 0 Å². The van der Waals surface area contributed by atoms with Crippen molar-refractivity contribution in [2.24, 2.45) is 0 Å². The summed E-state index contributed by atoms with van der Waals surface area (Å²) in [5, 5.41) is 8.09. The summed E-state index contributed by atoms with van der Waals surface area (Å²) < 4.78 is 0. The molecule has 0 spiro atoms. The van der Waals surface area contributed by atoms with Crippen LogP contribution in [0.15, 0.2) is 60.7 Å². The van der Waals surface area contributed by atoms with E-state index >= 15 is 0 Å². The molecule has 30 heavy (non-hydrogen) atoms. The maximum Gasteiger partial charge on any atom is 0.256 e. The predicted molar refractivity (Wildman–Crippen MR) is 123 cm³/mol. The Morgan fingerprint density at radius 2 is 1.80 bits per heavy atom. The van der Waals surface area contributed by atoms with Gasteiger partial charge >= 0.3 is 0 Å². The summed E-state index contributed by atoms with van der Waals surface area (Å²) in [6, 6.07) is 19.7. The first-order valence-electron chi connectivity index (χ1n) is 10.3. The maximum atomic E-state index is 12.7. The molecule has 5 heteroatoms. The van der Waals surface area contributed by atoms with Crippen molar-refractivity contribution in [3.63, 3.8) is 0 Å². The van der Waals surface area contributed by atoms with Crippen LogP contribution in [0.1, 0.15) is 25.0 Å². The average Bonchev–Trinajstić information content (AvgIpc) is 3.07. The molecule has 1 heterocycles. The van der Waals surface area contributed by atoms with Gasteiger partial charge in [-0.15, -0.1) is 0 Å². The van der Waals surface area contributed by atoms with Crippen LogP contribution in [0.3, 0.4) is 0 Å². The van der Waals surface area contributed by atoms with Gasteiger partial charge in [0.2, 0.25) is 5.91 Å². The van der Waals surface area contributed by atoms with Crippen molar-refractivity contribution in [3.8, 4) is 0 Å². The first-order valence-corrected chi connectivity index (χ1v) is 10.3. The maximum absolute atomic E-state index is 12.7. The van der Waals surface area contributed by atoms with Gasteiger partial charge in [0.05, 0.1) is 6.54 Å². The zero-order valence-corrected chi connectivity index (χ0v) is 17.2. The first-order chi connectivity index (χ1) is 14.6. The van der Waals surface area contributed by atoms with E-state index in [1.807, 2.05) is 62.4 Å². The number of nitrogens with one attached hydrogen (secondary N) is 2. The van der Waals surface area contributed by atoms with Gasteiger partial charge in [0.25, 0.3) is 5.91 Å². The van der Waals surface area contributed by atoms with Crippen LogP contribution in [-0.2, 0) is 9.59 Å². The Balaban J connectivity index is 1.65. The van der Waals surface area contributed by atoms with Crippen molar-refractivity contribution in [1.29, 1.82) is 0 Å². The smallest absolute Gasteiger partial charge is 0.256 e. The molecule has 3 aromatic rings. The van der Waals surface area contributed by atoms with Crippen molar-refractivity contribution in [1.82, 2.24) is 4.90 Å². The number of nitrogens with zero attached hydrogens (tertiary/aromatic N) is 1. The van der Waals surface area contributed by atoms with E-state index in [2.05, 4.69) is 33.7 Å². The highest BCUT2D eigenvalue weighted by atomic mass is 16.2. The third-order valence-electron chi connectivity index (χ3n) is 5.47. The lowest BCUT2D eigenvalue weighted by atomic mass is 9.99. The molecule has 4 rings (SSSR count). The second-order valence-electron chi connectivity index (χ2n) is 7.35. The van der Waals surface area contributed by atoms with Gasteiger partial charge < -0.3 is 10.6 Å². The summed E-state index contributed by atoms with van der Waals surface area (Å²) in [6.07, 6.45) is 1.92. The lowest BCUT2D eigenvalue weighted by Crippen LogP contribution is -2.32. The normalized spacial score (nSPS) is 14.2. The average molecular weight is 399 g/mol. The Morgan fingerprint density at radius 1 is 1.03 bits per heavy atom. The van der Waals surface area contributed by atoms with Crippen LogP contribution in [-0.4, -0.2) is 36.3 Å². The van der Waals surface area contributed by atoms with E-state index in [1.54, 1.807) is 0 Å². The fraction of sp³-hybridized carbons (Fsp3) is 0.200. The molecule has 1 aliphatic rings. The number of hydrogen-bond acceptors (Lipinski definition) is 3. The van der Waals surface area contributed by atoms with Crippen LogP contribution in [0.2, 0.25) is 0 Å². The van der Waals surface area contributed by atoms with Crippen molar-refractivity contribution >= 4 is 45.6 Å². The Kier molecular flexibility index (Phi) is 5.63. The minimum atomic E-state index is -0.135. The van der Waals surface area contributed by atoms with Crippen LogP contribution < -0.4 is 10.6 Å². The molecule has 0 bridgehead atoms. The molecule has 0 aliphatic carbocycles. The monoisotopic (exact) mass is 399 g/mol. The van der Waals surface area contributed by atoms with Crippen molar-refractivity contribution in [2.45, 2.75) is 13.8 Å². The van der Waals surface area contributed by atoms with E-state index in [1.165, 1.54) is 0 Å². The highest BCUT2D eigenvalue weighted by Gasteiger charge is 2.25. The molecule has 0 radical (unpaired) electrons. The molecule has 0 atom stereocenters. The Hall–Kier alpha value is -3.44. The molecule has 0 unspecified atom stereocenters. The second kappa shape index (κ2) is 8.51. The summed E-state index contributed by atoms with van der Waals surface area (Å²) in [7, 11) is 0. The second-order valence-corrected chi connectivity index (χ2v) is 7.35. The molecule has 2 N–H and O–H groups in total. The van der Waals surface area contributed by atoms with Gasteiger partial charge in [-0.2, -0.15) is 0 Å². The number of fused-ring (bicyclic) bond motifs is 2. The van der Waals surface area contributed by atoms with E-state index in [4.69, 9.17) is 0 Å². The minimum Gasteiger partial charge on any atom is -0.325 e. The molecule has 1 aliphatic heterocycles. The molecular weight excluding hydrogens is 374 g/mol. The lowest BCUT2D eigenvalue weighted by molar-refractivity contribution is -0.117. The fourth-order valence-electron chi connectivity index (χ4n) is 3.79. The topological polar surface area (TPSA) is 61.4 Å². The Morgan fingerprint density at radius 3 is 2.60 bits per heavy atom. The predicted octanol–water partition coefficient (Wildman–Crippen LogP) is 4.61. The van der Waals surface area contributed by atoms with Crippen LogP contribution in [0, 0.1) is 0 Å². The number of carbonyl (C=O) groups is 2. The molecule has 0 saturated heterocycles. The number of hydrogen-bond donors (Lipinski definition) is 2.